The van der Waals surface area contributed by atoms with Crippen LogP contribution in [0.15, 0.2) is 42.5 Å². The lowest BCUT2D eigenvalue weighted by Gasteiger charge is -2.31. The van der Waals surface area contributed by atoms with Gasteiger partial charge in [-0.1, -0.05) is 36.8 Å². The molecule has 1 atom stereocenters. The lowest BCUT2D eigenvalue weighted by Crippen LogP contribution is -2.31. The second-order valence-corrected chi connectivity index (χ2v) is 8.12. The van der Waals surface area contributed by atoms with Gasteiger partial charge in [-0.25, -0.2) is 4.39 Å². The van der Waals surface area contributed by atoms with E-state index in [-0.39, 0.29) is 5.82 Å². The van der Waals surface area contributed by atoms with Crippen molar-refractivity contribution in [2.45, 2.75) is 38.6 Å². The van der Waals surface area contributed by atoms with Crippen LogP contribution in [-0.2, 0) is 9.53 Å². The number of hydrogen-bond acceptors (Lipinski definition) is 4. The van der Waals surface area contributed by atoms with Gasteiger partial charge in [0.05, 0.1) is 12.3 Å². The van der Waals surface area contributed by atoms with Crippen molar-refractivity contribution in [1.29, 1.82) is 0 Å². The molecule has 2 aromatic rings. The van der Waals surface area contributed by atoms with Crippen molar-refractivity contribution in [1.82, 2.24) is 10.2 Å². The zero-order valence-electron chi connectivity index (χ0n) is 17.5. The maximum Gasteiger partial charge on any atom is 0.150 e. The van der Waals surface area contributed by atoms with Gasteiger partial charge in [0, 0.05) is 17.7 Å². The Kier molecular flexibility index (Phi) is 6.48. The number of hydrogen-bond donors (Lipinski definition) is 1. The minimum absolute atomic E-state index is 0.340. The van der Waals surface area contributed by atoms with E-state index in [4.69, 9.17) is 4.74 Å². The van der Waals surface area contributed by atoms with E-state index in [9.17, 15) is 9.18 Å². The van der Waals surface area contributed by atoms with Gasteiger partial charge in [-0.3, -0.25) is 0 Å². The van der Waals surface area contributed by atoms with Gasteiger partial charge in [0.1, 0.15) is 18.1 Å². The fraction of sp³-hybridized carbons (Fsp3) is 0.400. The SMILES string of the molecule is Cc1cc(F)cc2c1C(OCCCN1CCCCC1)=C(c1ccccc1)NC2C=O. The van der Waals surface area contributed by atoms with E-state index in [0.717, 1.165) is 41.6 Å². The zero-order valence-corrected chi connectivity index (χ0v) is 17.5. The summed E-state index contributed by atoms with van der Waals surface area (Å²) < 4.78 is 20.5. The van der Waals surface area contributed by atoms with Crippen LogP contribution < -0.4 is 5.32 Å². The number of carbonyl (C=O) groups is 1. The Morgan fingerprint density at radius 2 is 1.93 bits per heavy atom. The molecule has 4 rings (SSSR count). The number of rotatable bonds is 7. The predicted octanol–water partition coefficient (Wildman–Crippen LogP) is 4.70. The molecule has 0 spiro atoms. The van der Waals surface area contributed by atoms with Crippen LogP contribution in [0.3, 0.4) is 0 Å². The number of likely N-dealkylation sites (tertiary alicyclic amines) is 1. The van der Waals surface area contributed by atoms with Crippen LogP contribution in [0.25, 0.3) is 11.5 Å². The van der Waals surface area contributed by atoms with Gasteiger partial charge in [0.15, 0.2) is 5.76 Å². The first-order valence-electron chi connectivity index (χ1n) is 10.8. The van der Waals surface area contributed by atoms with Crippen molar-refractivity contribution >= 4 is 17.7 Å². The van der Waals surface area contributed by atoms with E-state index in [1.165, 1.54) is 44.5 Å². The lowest BCUT2D eigenvalue weighted by molar-refractivity contribution is -0.109. The van der Waals surface area contributed by atoms with Crippen LogP contribution in [0, 0.1) is 12.7 Å². The van der Waals surface area contributed by atoms with Gasteiger partial charge in [-0.05, 0) is 62.5 Å². The Labute approximate surface area is 177 Å². The highest BCUT2D eigenvalue weighted by Crippen LogP contribution is 2.38. The molecule has 2 aliphatic heterocycles. The average Bonchev–Trinajstić information content (AvgIpc) is 2.77. The van der Waals surface area contributed by atoms with E-state index < -0.39 is 6.04 Å². The lowest BCUT2D eigenvalue weighted by atomic mass is 9.89. The Morgan fingerprint density at radius 3 is 2.67 bits per heavy atom. The van der Waals surface area contributed by atoms with Crippen molar-refractivity contribution in [3.63, 3.8) is 0 Å². The monoisotopic (exact) mass is 408 g/mol. The third-order valence-corrected chi connectivity index (χ3v) is 5.93. The summed E-state index contributed by atoms with van der Waals surface area (Å²) in [5, 5.41) is 3.28. The Balaban J connectivity index is 1.63. The highest BCUT2D eigenvalue weighted by Gasteiger charge is 2.30. The standard InChI is InChI=1S/C25H29FN2O2/c1-18-15-20(26)16-21-22(17-29)27-24(19-9-4-2-5-10-19)25(23(18)21)30-14-8-13-28-11-6-3-7-12-28/h2,4-5,9-10,15-17,22,27H,3,6-8,11-14H2,1H3. The van der Waals surface area contributed by atoms with Crippen molar-refractivity contribution in [3.05, 3.63) is 70.5 Å². The maximum atomic E-state index is 14.1. The molecule has 1 N–H and O–H groups in total. The fourth-order valence-corrected chi connectivity index (χ4v) is 4.46. The van der Waals surface area contributed by atoms with Crippen LogP contribution in [0.1, 0.15) is 54.0 Å². The number of ether oxygens (including phenoxy) is 1. The smallest absolute Gasteiger partial charge is 0.150 e. The molecule has 4 nitrogen and oxygen atoms in total. The summed E-state index contributed by atoms with van der Waals surface area (Å²) >= 11 is 0. The first-order chi connectivity index (χ1) is 14.7. The fourth-order valence-electron chi connectivity index (χ4n) is 4.46. The number of aryl methyl sites for hydroxylation is 1. The highest BCUT2D eigenvalue weighted by molar-refractivity contribution is 5.93. The molecule has 0 amide bonds. The molecule has 0 saturated carbocycles. The number of piperidine rings is 1. The molecule has 158 valence electrons. The number of fused-ring (bicyclic) bond motifs is 1. The second-order valence-electron chi connectivity index (χ2n) is 8.12. The summed E-state index contributed by atoms with van der Waals surface area (Å²) in [6.07, 6.45) is 5.64. The minimum Gasteiger partial charge on any atom is -0.491 e. The van der Waals surface area contributed by atoms with Gasteiger partial charge in [0.25, 0.3) is 0 Å². The molecular weight excluding hydrogens is 379 g/mol. The summed E-state index contributed by atoms with van der Waals surface area (Å²) in [6.45, 7) is 5.80. The normalized spacial score (nSPS) is 19.2. The highest BCUT2D eigenvalue weighted by atomic mass is 19.1. The number of halogens is 1. The number of carbonyl (C=O) groups excluding carboxylic acids is 1. The van der Waals surface area contributed by atoms with Crippen LogP contribution in [-0.4, -0.2) is 37.4 Å². The van der Waals surface area contributed by atoms with Crippen molar-refractivity contribution in [2.24, 2.45) is 0 Å². The van der Waals surface area contributed by atoms with E-state index in [0.29, 0.717) is 17.9 Å². The van der Waals surface area contributed by atoms with E-state index >= 15 is 0 Å². The van der Waals surface area contributed by atoms with E-state index in [1.807, 2.05) is 37.3 Å². The molecule has 1 saturated heterocycles. The first kappa shape index (κ1) is 20.6. The summed E-state index contributed by atoms with van der Waals surface area (Å²) in [4.78, 5) is 14.3. The molecule has 2 heterocycles. The number of nitrogens with zero attached hydrogens (tertiary/aromatic N) is 1. The average molecular weight is 409 g/mol. The first-order valence-corrected chi connectivity index (χ1v) is 10.8. The summed E-state index contributed by atoms with van der Waals surface area (Å²) in [7, 11) is 0. The summed E-state index contributed by atoms with van der Waals surface area (Å²) in [5.74, 6) is 0.359. The molecule has 2 aliphatic rings. The number of nitrogens with one attached hydrogen (secondary N) is 1. The van der Waals surface area contributed by atoms with Gasteiger partial charge < -0.3 is 19.7 Å². The Morgan fingerprint density at radius 1 is 1.17 bits per heavy atom. The van der Waals surface area contributed by atoms with E-state index in [2.05, 4.69) is 10.2 Å². The summed E-state index contributed by atoms with van der Waals surface area (Å²) in [5.41, 5.74) is 3.97. The Bertz CT molecular complexity index is 920. The molecule has 0 aromatic heterocycles. The topological polar surface area (TPSA) is 41.6 Å². The van der Waals surface area contributed by atoms with Crippen LogP contribution in [0.4, 0.5) is 4.39 Å². The maximum absolute atomic E-state index is 14.1. The molecule has 5 heteroatoms. The van der Waals surface area contributed by atoms with Crippen LogP contribution >= 0.6 is 0 Å². The summed E-state index contributed by atoms with van der Waals surface area (Å²) in [6, 6.07) is 12.2. The second kappa shape index (κ2) is 9.43. The third kappa shape index (κ3) is 4.41. The Hall–Kier alpha value is -2.66. The van der Waals surface area contributed by atoms with Gasteiger partial charge in [0.2, 0.25) is 0 Å². The van der Waals surface area contributed by atoms with Crippen LogP contribution in [0.5, 0.6) is 0 Å². The number of benzene rings is 2. The van der Waals surface area contributed by atoms with Crippen molar-refractivity contribution in [3.8, 4) is 0 Å². The molecule has 2 aromatic carbocycles. The molecular formula is C25H29FN2O2. The largest absolute Gasteiger partial charge is 0.491 e. The molecule has 0 bridgehead atoms. The van der Waals surface area contributed by atoms with Gasteiger partial charge in [-0.2, -0.15) is 0 Å². The molecule has 0 radical (unpaired) electrons. The van der Waals surface area contributed by atoms with Crippen molar-refractivity contribution in [2.75, 3.05) is 26.2 Å². The quantitative estimate of drug-likeness (QED) is 0.533. The minimum atomic E-state index is -0.606. The third-order valence-electron chi connectivity index (χ3n) is 5.93. The van der Waals surface area contributed by atoms with Crippen molar-refractivity contribution < 1.29 is 13.9 Å². The molecule has 30 heavy (non-hydrogen) atoms. The van der Waals surface area contributed by atoms with E-state index in [1.54, 1.807) is 0 Å². The van der Waals surface area contributed by atoms with Crippen LogP contribution in [0.2, 0.25) is 0 Å². The van der Waals surface area contributed by atoms with Gasteiger partial charge >= 0.3 is 0 Å². The molecule has 0 aliphatic carbocycles. The predicted molar refractivity (Wildman–Crippen MR) is 117 cm³/mol. The molecule has 1 fully saturated rings. The zero-order chi connectivity index (χ0) is 20.9. The molecule has 1 unspecified atom stereocenters. The number of aldehydes is 1. The van der Waals surface area contributed by atoms with Gasteiger partial charge in [-0.15, -0.1) is 0 Å².